The van der Waals surface area contributed by atoms with Crippen LogP contribution in [0.2, 0.25) is 0 Å². The summed E-state index contributed by atoms with van der Waals surface area (Å²) in [5, 5.41) is 0. The summed E-state index contributed by atoms with van der Waals surface area (Å²) in [6, 6.07) is 0. The number of hydrogen-bond acceptors (Lipinski definition) is 1. The van der Waals surface area contributed by atoms with Gasteiger partial charge < -0.3 is 0 Å². The molecule has 3 rings (SSSR count). The second-order valence-corrected chi connectivity index (χ2v) is 4.53. The van der Waals surface area contributed by atoms with Crippen LogP contribution in [0.15, 0.2) is 23.3 Å². The van der Waals surface area contributed by atoms with Gasteiger partial charge in [0.05, 0.1) is 0 Å². The zero-order chi connectivity index (χ0) is 8.84. The fourth-order valence-electron chi connectivity index (χ4n) is 2.74. The van der Waals surface area contributed by atoms with Crippen LogP contribution in [0.3, 0.4) is 0 Å². The van der Waals surface area contributed by atoms with Gasteiger partial charge in [0.2, 0.25) is 0 Å². The Morgan fingerprint density at radius 1 is 1.54 bits per heavy atom. The molecule has 0 saturated heterocycles. The van der Waals surface area contributed by atoms with Crippen LogP contribution < -0.4 is 0 Å². The second-order valence-electron chi connectivity index (χ2n) is 4.53. The molecule has 0 N–H and O–H groups in total. The highest BCUT2D eigenvalue weighted by Gasteiger charge is 2.42. The maximum absolute atomic E-state index is 2.58. The average molecular weight is 175 g/mol. The minimum absolute atomic E-state index is 0.926. The van der Waals surface area contributed by atoms with E-state index in [1.165, 1.54) is 32.5 Å². The van der Waals surface area contributed by atoms with Gasteiger partial charge in [-0.2, -0.15) is 0 Å². The van der Waals surface area contributed by atoms with Crippen LogP contribution in [-0.2, 0) is 0 Å². The quantitative estimate of drug-likeness (QED) is 0.590. The number of allylic oxidation sites excluding steroid dienone is 2. The van der Waals surface area contributed by atoms with E-state index >= 15 is 0 Å². The Morgan fingerprint density at radius 3 is 3.31 bits per heavy atom. The zero-order valence-corrected chi connectivity index (χ0v) is 8.29. The number of rotatable bonds is 1. The maximum atomic E-state index is 2.58. The molecule has 2 atom stereocenters. The highest BCUT2D eigenvalue weighted by molar-refractivity contribution is 5.40. The molecule has 0 amide bonds. The van der Waals surface area contributed by atoms with Gasteiger partial charge in [-0.25, -0.2) is 0 Å². The van der Waals surface area contributed by atoms with E-state index in [4.69, 9.17) is 0 Å². The summed E-state index contributed by atoms with van der Waals surface area (Å²) in [6.07, 6.45) is 7.57. The highest BCUT2D eigenvalue weighted by Crippen LogP contribution is 2.50. The molecule has 2 aliphatic carbocycles. The molecule has 1 heterocycles. The fourth-order valence-corrected chi connectivity index (χ4v) is 2.74. The van der Waals surface area contributed by atoms with Crippen LogP contribution in [0.4, 0.5) is 0 Å². The first kappa shape index (κ1) is 7.81. The fraction of sp³-hybridized carbons (Fsp3) is 0.667. The minimum atomic E-state index is 0.926. The van der Waals surface area contributed by atoms with Gasteiger partial charge in [0.1, 0.15) is 0 Å². The number of likely N-dealkylation sites (N-methyl/N-ethyl adjacent to an activating group) is 1. The van der Waals surface area contributed by atoms with Crippen LogP contribution in [0, 0.1) is 11.8 Å². The molecule has 0 bridgehead atoms. The molecule has 1 saturated carbocycles. The number of fused-ring (bicyclic) bond motifs is 2. The molecule has 1 aliphatic heterocycles. The summed E-state index contributed by atoms with van der Waals surface area (Å²) in [7, 11) is 0. The first-order chi connectivity index (χ1) is 6.38. The van der Waals surface area contributed by atoms with Crippen molar-refractivity contribution >= 4 is 0 Å². The van der Waals surface area contributed by atoms with Crippen LogP contribution in [-0.4, -0.2) is 24.5 Å². The molecule has 0 radical (unpaired) electrons. The van der Waals surface area contributed by atoms with Gasteiger partial charge in [-0.05, 0) is 42.4 Å². The highest BCUT2D eigenvalue weighted by atomic mass is 15.1. The monoisotopic (exact) mass is 175 g/mol. The van der Waals surface area contributed by atoms with E-state index < -0.39 is 0 Å². The van der Waals surface area contributed by atoms with Crippen LogP contribution in [0.1, 0.15) is 19.8 Å². The summed E-state index contributed by atoms with van der Waals surface area (Å²) >= 11 is 0. The summed E-state index contributed by atoms with van der Waals surface area (Å²) in [5.41, 5.74) is 3.45. The molecule has 0 aromatic carbocycles. The van der Waals surface area contributed by atoms with Crippen molar-refractivity contribution in [3.8, 4) is 0 Å². The minimum Gasteiger partial charge on any atom is -0.299 e. The number of hydrogen-bond donors (Lipinski definition) is 0. The Kier molecular flexibility index (Phi) is 1.63. The Bertz CT molecular complexity index is 287. The lowest BCUT2D eigenvalue weighted by Crippen LogP contribution is -2.32. The molecule has 2 unspecified atom stereocenters. The van der Waals surface area contributed by atoms with Crippen molar-refractivity contribution in [1.82, 2.24) is 4.90 Å². The lowest BCUT2D eigenvalue weighted by Gasteiger charge is -2.30. The van der Waals surface area contributed by atoms with E-state index in [2.05, 4.69) is 24.0 Å². The van der Waals surface area contributed by atoms with Gasteiger partial charge in [0.25, 0.3) is 0 Å². The van der Waals surface area contributed by atoms with Crippen LogP contribution in [0.25, 0.3) is 0 Å². The van der Waals surface area contributed by atoms with Crippen molar-refractivity contribution in [2.45, 2.75) is 19.8 Å². The van der Waals surface area contributed by atoms with Crippen molar-refractivity contribution in [2.24, 2.45) is 11.8 Å². The predicted molar refractivity (Wildman–Crippen MR) is 54.5 cm³/mol. The van der Waals surface area contributed by atoms with Crippen molar-refractivity contribution in [2.75, 3.05) is 19.6 Å². The Balaban J connectivity index is 1.87. The first-order valence-electron chi connectivity index (χ1n) is 5.51. The second kappa shape index (κ2) is 2.71. The largest absolute Gasteiger partial charge is 0.299 e. The van der Waals surface area contributed by atoms with E-state index in [1.54, 1.807) is 11.1 Å². The standard InChI is InChI=1S/C12H17N/c1-2-13-6-5-9-3-4-10-7-11(10)12(9)8-13/h3-4,10-11H,2,5-8H2,1H3. The smallest absolute Gasteiger partial charge is 0.0201 e. The molecule has 0 spiro atoms. The molecule has 3 aliphatic rings. The van der Waals surface area contributed by atoms with Gasteiger partial charge in [-0.15, -0.1) is 0 Å². The SMILES string of the molecule is CCN1CCC2=C(C1)C1CC1C=C2. The van der Waals surface area contributed by atoms with Crippen LogP contribution in [0.5, 0.6) is 0 Å². The third-order valence-corrected chi connectivity index (χ3v) is 3.78. The van der Waals surface area contributed by atoms with Crippen molar-refractivity contribution in [3.63, 3.8) is 0 Å². The van der Waals surface area contributed by atoms with Gasteiger partial charge in [0, 0.05) is 13.1 Å². The molecule has 1 heteroatoms. The van der Waals surface area contributed by atoms with Gasteiger partial charge in [0.15, 0.2) is 0 Å². The van der Waals surface area contributed by atoms with Gasteiger partial charge in [-0.1, -0.05) is 19.1 Å². The summed E-state index contributed by atoms with van der Waals surface area (Å²) in [4.78, 5) is 2.58. The Hall–Kier alpha value is -0.560. The maximum Gasteiger partial charge on any atom is 0.0201 e. The molecule has 1 nitrogen and oxygen atoms in total. The van der Waals surface area contributed by atoms with Gasteiger partial charge >= 0.3 is 0 Å². The molecular formula is C12H17N. The third-order valence-electron chi connectivity index (χ3n) is 3.78. The number of nitrogens with zero attached hydrogens (tertiary/aromatic N) is 1. The molecular weight excluding hydrogens is 158 g/mol. The van der Waals surface area contributed by atoms with Crippen LogP contribution >= 0.6 is 0 Å². The Labute approximate surface area is 80.1 Å². The van der Waals surface area contributed by atoms with E-state index in [0.29, 0.717) is 0 Å². The van der Waals surface area contributed by atoms with E-state index in [0.717, 1.165) is 11.8 Å². The molecule has 0 aromatic heterocycles. The lowest BCUT2D eigenvalue weighted by molar-refractivity contribution is 0.295. The van der Waals surface area contributed by atoms with E-state index in [1.807, 2.05) is 0 Å². The first-order valence-corrected chi connectivity index (χ1v) is 5.51. The molecule has 70 valence electrons. The topological polar surface area (TPSA) is 3.24 Å². The molecule has 1 fully saturated rings. The average Bonchev–Trinajstić information content (AvgIpc) is 2.96. The summed E-state index contributed by atoms with van der Waals surface area (Å²) in [6.45, 7) is 6.03. The van der Waals surface area contributed by atoms with E-state index in [9.17, 15) is 0 Å². The van der Waals surface area contributed by atoms with E-state index in [-0.39, 0.29) is 0 Å². The van der Waals surface area contributed by atoms with Crippen molar-refractivity contribution in [3.05, 3.63) is 23.3 Å². The Morgan fingerprint density at radius 2 is 2.46 bits per heavy atom. The lowest BCUT2D eigenvalue weighted by atomic mass is 9.92. The molecule has 13 heavy (non-hydrogen) atoms. The predicted octanol–water partition coefficient (Wildman–Crippen LogP) is 2.21. The molecule has 0 aromatic rings. The summed E-state index contributed by atoms with van der Waals surface area (Å²) < 4.78 is 0. The normalized spacial score (nSPS) is 37.3. The van der Waals surface area contributed by atoms with Gasteiger partial charge in [-0.3, -0.25) is 4.90 Å². The zero-order valence-electron chi connectivity index (χ0n) is 8.29. The third kappa shape index (κ3) is 1.18. The van der Waals surface area contributed by atoms with Crippen molar-refractivity contribution < 1.29 is 0 Å². The van der Waals surface area contributed by atoms with Crippen molar-refractivity contribution in [1.29, 1.82) is 0 Å². The summed E-state index contributed by atoms with van der Waals surface area (Å²) in [5.74, 6) is 1.88.